The first-order valence-corrected chi connectivity index (χ1v) is 25.7. The number of hydrogen-bond acceptors (Lipinski definition) is 8. The van der Waals surface area contributed by atoms with E-state index in [9.17, 15) is 9.59 Å². The van der Waals surface area contributed by atoms with Crippen molar-refractivity contribution in [2.75, 3.05) is 0 Å². The van der Waals surface area contributed by atoms with Gasteiger partial charge in [0.1, 0.15) is 5.76 Å². The van der Waals surface area contributed by atoms with Gasteiger partial charge in [-0.2, -0.15) is 0 Å². The van der Waals surface area contributed by atoms with E-state index in [1.54, 1.807) is 36.0 Å². The second kappa shape index (κ2) is 21.0. The number of esters is 2. The number of benzene rings is 1. The van der Waals surface area contributed by atoms with Crippen LogP contribution in [0.5, 0.6) is 0 Å². The number of fused-ring (bicyclic) bond motifs is 3. The smallest absolute Gasteiger partial charge is 0.344 e. The van der Waals surface area contributed by atoms with Crippen LogP contribution in [0.15, 0.2) is 36.4 Å². The Bertz CT molecular complexity index is 2310. The fourth-order valence-corrected chi connectivity index (χ4v) is 13.8. The molecular weight excluding hydrogens is 793 g/mol. The van der Waals surface area contributed by atoms with Crippen LogP contribution in [0, 0.1) is 6.92 Å². The lowest BCUT2D eigenvalue weighted by Crippen LogP contribution is -2.19. The molecule has 6 heterocycles. The Labute approximate surface area is 362 Å². The Morgan fingerprint density at radius 3 is 1.41 bits per heavy atom. The van der Waals surface area contributed by atoms with Crippen LogP contribution in [0.4, 0.5) is 0 Å². The number of cyclic esters (lactones) is 2. The molecular formula is C50H62O4S4. The summed E-state index contributed by atoms with van der Waals surface area (Å²) in [6, 6.07) is 12.5. The third kappa shape index (κ3) is 10.1. The lowest BCUT2D eigenvalue weighted by Gasteiger charge is -2.06. The molecule has 0 bridgehead atoms. The molecule has 0 unspecified atom stereocenters. The van der Waals surface area contributed by atoms with Gasteiger partial charge in [0.2, 0.25) is 0 Å². The van der Waals surface area contributed by atoms with Crippen molar-refractivity contribution in [2.24, 2.45) is 0 Å². The molecule has 1 aromatic carbocycles. The SMILES string of the molecule is CCCCCCCCCCCCc1c(-c2ccc(C)s2)sc2c(CCCCCCCCCCCC)c(-c3ccc(C4=c5cc6c(cc5C(=O)O4)=C(C)OC6=O)s3)sc12. The molecule has 4 aromatic heterocycles. The molecule has 0 fully saturated rings. The topological polar surface area (TPSA) is 52.6 Å². The predicted molar refractivity (Wildman–Crippen MR) is 250 cm³/mol. The quantitative estimate of drug-likeness (QED) is 0.0433. The van der Waals surface area contributed by atoms with Crippen molar-refractivity contribution in [1.29, 1.82) is 0 Å². The van der Waals surface area contributed by atoms with Crippen LogP contribution in [0.3, 0.4) is 0 Å². The van der Waals surface area contributed by atoms with Gasteiger partial charge in [-0.05, 0) is 87.1 Å². The van der Waals surface area contributed by atoms with Gasteiger partial charge in [-0.1, -0.05) is 129 Å². The summed E-state index contributed by atoms with van der Waals surface area (Å²) in [4.78, 5) is 33.6. The molecule has 2 aliphatic rings. The van der Waals surface area contributed by atoms with E-state index >= 15 is 0 Å². The van der Waals surface area contributed by atoms with E-state index in [0.717, 1.165) is 17.7 Å². The molecule has 4 nitrogen and oxygen atoms in total. The van der Waals surface area contributed by atoms with Crippen LogP contribution in [0.1, 0.15) is 191 Å². The minimum Gasteiger partial charge on any atom is -0.427 e. The van der Waals surface area contributed by atoms with Crippen molar-refractivity contribution < 1.29 is 19.1 Å². The van der Waals surface area contributed by atoms with Gasteiger partial charge in [0.05, 0.1) is 16.0 Å². The minimum atomic E-state index is -0.374. The second-order valence-electron chi connectivity index (χ2n) is 16.5. The molecule has 0 saturated carbocycles. The fourth-order valence-electron chi connectivity index (χ4n) is 8.64. The van der Waals surface area contributed by atoms with Gasteiger partial charge in [-0.25, -0.2) is 9.59 Å². The van der Waals surface area contributed by atoms with E-state index < -0.39 is 0 Å². The predicted octanol–water partition coefficient (Wildman–Crippen LogP) is 15.3. The number of carbonyl (C=O) groups excluding carboxylic acids is 2. The fraction of sp³-hybridized carbons (Fsp3) is 0.520. The van der Waals surface area contributed by atoms with Crippen LogP contribution >= 0.6 is 45.3 Å². The summed E-state index contributed by atoms with van der Waals surface area (Å²) >= 11 is 7.66. The van der Waals surface area contributed by atoms with Crippen molar-refractivity contribution in [3.05, 3.63) is 78.8 Å². The summed E-state index contributed by atoms with van der Waals surface area (Å²) in [5.41, 5.74) is 4.04. The Hall–Kier alpha value is -3.04. The van der Waals surface area contributed by atoms with E-state index in [2.05, 4.69) is 45.0 Å². The van der Waals surface area contributed by atoms with Crippen LogP contribution in [-0.2, 0) is 22.3 Å². The van der Waals surface area contributed by atoms with Gasteiger partial charge >= 0.3 is 11.9 Å². The molecule has 58 heavy (non-hydrogen) atoms. The standard InChI is InChI=1S/C50H62O4S4/c1-5-7-9-11-13-15-17-19-21-23-25-35-45(42-28-27-33(3)55-42)57-48-36(26-24-22-20-18-16-14-12-10-8-6-2)46(58-47(35)48)43-30-29-41(56-43)44-38-32-39-37(34(4)53-49(39)51)31-40(38)50(52)54-44/h27-32H,5-26H2,1-4H3. The molecule has 7 rings (SSSR count). The summed E-state index contributed by atoms with van der Waals surface area (Å²) in [6.07, 6.45) is 29.0. The molecule has 0 radical (unpaired) electrons. The first kappa shape index (κ1) is 43.1. The first-order valence-electron chi connectivity index (χ1n) is 22.5. The number of aryl methyl sites for hydroxylation is 3. The van der Waals surface area contributed by atoms with E-state index in [1.165, 1.54) is 168 Å². The summed E-state index contributed by atoms with van der Waals surface area (Å²) < 4.78 is 14.3. The van der Waals surface area contributed by atoms with Gasteiger partial charge in [-0.15, -0.1) is 45.3 Å². The van der Waals surface area contributed by atoms with Crippen molar-refractivity contribution >= 4 is 78.2 Å². The molecule has 8 heteroatoms. The van der Waals surface area contributed by atoms with E-state index in [0.29, 0.717) is 33.1 Å². The normalized spacial score (nSPS) is 13.6. The molecule has 0 amide bonds. The maximum absolute atomic E-state index is 13.1. The molecule has 310 valence electrons. The third-order valence-corrected chi connectivity index (χ3v) is 17.1. The number of thiophene rings is 4. The van der Waals surface area contributed by atoms with Crippen molar-refractivity contribution in [3.63, 3.8) is 0 Å². The first-order chi connectivity index (χ1) is 28.4. The average molecular weight is 855 g/mol. The molecule has 0 aliphatic carbocycles. The summed E-state index contributed by atoms with van der Waals surface area (Å²) in [6.45, 7) is 8.57. The van der Waals surface area contributed by atoms with Crippen LogP contribution in [0.2, 0.25) is 0 Å². The Morgan fingerprint density at radius 2 is 0.897 bits per heavy atom. The van der Waals surface area contributed by atoms with E-state index in [-0.39, 0.29) is 11.9 Å². The zero-order valence-electron chi connectivity index (χ0n) is 35.3. The number of carbonyl (C=O) groups is 2. The van der Waals surface area contributed by atoms with Gasteiger partial charge in [0, 0.05) is 44.2 Å². The molecule has 5 aromatic rings. The van der Waals surface area contributed by atoms with Gasteiger partial charge < -0.3 is 9.47 Å². The summed E-state index contributed by atoms with van der Waals surface area (Å²) in [7, 11) is 0. The van der Waals surface area contributed by atoms with E-state index in [4.69, 9.17) is 9.47 Å². The lowest BCUT2D eigenvalue weighted by molar-refractivity contribution is 0.0697. The van der Waals surface area contributed by atoms with Gasteiger partial charge in [0.15, 0.2) is 5.76 Å². The Kier molecular flexibility index (Phi) is 15.6. The molecule has 2 aliphatic heterocycles. The van der Waals surface area contributed by atoms with Gasteiger partial charge in [-0.3, -0.25) is 0 Å². The lowest BCUT2D eigenvalue weighted by atomic mass is 10.0. The van der Waals surface area contributed by atoms with E-state index in [1.807, 2.05) is 34.0 Å². The van der Waals surface area contributed by atoms with Crippen LogP contribution in [-0.4, -0.2) is 11.9 Å². The average Bonchev–Trinajstić information content (AvgIpc) is 4.08. The third-order valence-electron chi connectivity index (χ3n) is 12.0. The molecule has 0 N–H and O–H groups in total. The highest BCUT2D eigenvalue weighted by Crippen LogP contribution is 2.52. The number of ether oxygens (including phenoxy) is 2. The molecule has 0 atom stereocenters. The maximum atomic E-state index is 13.1. The van der Waals surface area contributed by atoms with Crippen molar-refractivity contribution in [3.8, 4) is 19.5 Å². The summed E-state index contributed by atoms with van der Waals surface area (Å²) in [5.74, 6) is 0.325. The van der Waals surface area contributed by atoms with Crippen LogP contribution < -0.4 is 10.4 Å². The number of unbranched alkanes of at least 4 members (excludes halogenated alkanes) is 18. The maximum Gasteiger partial charge on any atom is 0.344 e. The Balaban J connectivity index is 1.15. The highest BCUT2D eigenvalue weighted by atomic mass is 32.1. The monoisotopic (exact) mass is 854 g/mol. The molecule has 0 saturated heterocycles. The second-order valence-corrected chi connectivity index (χ2v) is 20.9. The number of rotatable bonds is 25. The number of hydrogen-bond donors (Lipinski definition) is 0. The minimum absolute atomic E-state index is 0.373. The highest BCUT2D eigenvalue weighted by Gasteiger charge is 2.30. The Morgan fingerprint density at radius 1 is 0.466 bits per heavy atom. The summed E-state index contributed by atoms with van der Waals surface area (Å²) in [5, 5.41) is 1.35. The highest BCUT2D eigenvalue weighted by molar-refractivity contribution is 7.34. The largest absolute Gasteiger partial charge is 0.427 e. The van der Waals surface area contributed by atoms with Crippen molar-refractivity contribution in [2.45, 2.75) is 169 Å². The van der Waals surface area contributed by atoms with Crippen LogP contribution in [0.25, 0.3) is 40.4 Å². The zero-order valence-corrected chi connectivity index (χ0v) is 38.6. The molecule has 0 spiro atoms. The van der Waals surface area contributed by atoms with Gasteiger partial charge in [0.25, 0.3) is 0 Å². The zero-order chi connectivity index (χ0) is 40.4. The van der Waals surface area contributed by atoms with Crippen molar-refractivity contribution in [1.82, 2.24) is 0 Å².